The monoisotopic (exact) mass is 485 g/mol. The highest BCUT2D eigenvalue weighted by atomic mass is 16.6. The van der Waals surface area contributed by atoms with Crippen LogP contribution < -0.4 is 24.7 Å². The fourth-order valence-corrected chi connectivity index (χ4v) is 3.45. The van der Waals surface area contributed by atoms with Crippen molar-refractivity contribution in [3.63, 3.8) is 0 Å². The number of primary amides is 1. The van der Waals surface area contributed by atoms with Gasteiger partial charge in [0.2, 0.25) is 5.91 Å². The first-order valence-electron chi connectivity index (χ1n) is 10.7. The lowest BCUT2D eigenvalue weighted by molar-refractivity contribution is -0.385. The molecule has 2 aromatic carbocycles. The Hall–Kier alpha value is -4.35. The van der Waals surface area contributed by atoms with E-state index in [1.165, 1.54) is 17.9 Å². The maximum Gasteiger partial charge on any atom is 0.278 e. The predicted molar refractivity (Wildman–Crippen MR) is 126 cm³/mol. The normalized spacial score (nSPS) is 11.5. The SMILES string of the molecule is COc1cc(OC)cc(-c2cn(C(C)c3cc(OC)c(OCCCC(N)=O)cc3[N+](=O)[O-])nn2)c1. The van der Waals surface area contributed by atoms with E-state index in [1.807, 2.05) is 0 Å². The fourth-order valence-electron chi connectivity index (χ4n) is 3.45. The molecule has 3 rings (SSSR count). The van der Waals surface area contributed by atoms with Gasteiger partial charge in [-0.25, -0.2) is 4.68 Å². The second kappa shape index (κ2) is 11.2. The molecule has 0 bridgehead atoms. The third kappa shape index (κ3) is 5.96. The van der Waals surface area contributed by atoms with Crippen LogP contribution in [0.3, 0.4) is 0 Å². The van der Waals surface area contributed by atoms with Crippen molar-refractivity contribution in [1.82, 2.24) is 15.0 Å². The third-order valence-electron chi connectivity index (χ3n) is 5.34. The summed E-state index contributed by atoms with van der Waals surface area (Å²) < 4.78 is 23.2. The van der Waals surface area contributed by atoms with Crippen molar-refractivity contribution in [2.24, 2.45) is 5.73 Å². The van der Waals surface area contributed by atoms with Gasteiger partial charge in [-0.15, -0.1) is 5.10 Å². The lowest BCUT2D eigenvalue weighted by atomic mass is 10.0. The van der Waals surface area contributed by atoms with Gasteiger partial charge in [-0.1, -0.05) is 5.21 Å². The molecule has 3 aromatic rings. The van der Waals surface area contributed by atoms with E-state index >= 15 is 0 Å². The number of hydrogen-bond acceptors (Lipinski definition) is 9. The molecule has 1 atom stereocenters. The minimum Gasteiger partial charge on any atom is -0.497 e. The van der Waals surface area contributed by atoms with Crippen LogP contribution in [-0.2, 0) is 4.79 Å². The summed E-state index contributed by atoms with van der Waals surface area (Å²) in [5, 5.41) is 20.3. The molecule has 0 fully saturated rings. The minimum absolute atomic E-state index is 0.146. The summed E-state index contributed by atoms with van der Waals surface area (Å²) in [7, 11) is 4.54. The minimum atomic E-state index is -0.554. The number of nitro groups is 1. The molecule has 0 aliphatic heterocycles. The fraction of sp³-hybridized carbons (Fsp3) is 0.348. The molecule has 12 heteroatoms. The number of carbonyl (C=O) groups excluding carboxylic acids is 1. The summed E-state index contributed by atoms with van der Waals surface area (Å²) in [5.41, 5.74) is 6.58. The third-order valence-corrected chi connectivity index (χ3v) is 5.34. The van der Waals surface area contributed by atoms with Crippen LogP contribution in [0.2, 0.25) is 0 Å². The molecule has 186 valence electrons. The first-order valence-corrected chi connectivity index (χ1v) is 10.7. The van der Waals surface area contributed by atoms with Gasteiger partial charge in [-0.2, -0.15) is 0 Å². The number of carbonyl (C=O) groups is 1. The number of amides is 1. The molecular weight excluding hydrogens is 458 g/mol. The van der Waals surface area contributed by atoms with Crippen molar-refractivity contribution < 1.29 is 28.7 Å². The largest absolute Gasteiger partial charge is 0.497 e. The van der Waals surface area contributed by atoms with Crippen LogP contribution in [0, 0.1) is 10.1 Å². The molecule has 0 saturated carbocycles. The molecule has 0 saturated heterocycles. The van der Waals surface area contributed by atoms with Crippen LogP contribution in [0.25, 0.3) is 11.3 Å². The van der Waals surface area contributed by atoms with Crippen LogP contribution in [0.4, 0.5) is 5.69 Å². The number of ether oxygens (including phenoxy) is 4. The molecule has 1 amide bonds. The Kier molecular flexibility index (Phi) is 8.08. The van der Waals surface area contributed by atoms with Gasteiger partial charge >= 0.3 is 0 Å². The quantitative estimate of drug-likeness (QED) is 0.231. The summed E-state index contributed by atoms with van der Waals surface area (Å²) >= 11 is 0. The van der Waals surface area contributed by atoms with E-state index in [0.29, 0.717) is 40.5 Å². The van der Waals surface area contributed by atoms with Gasteiger partial charge in [0.05, 0.1) is 56.7 Å². The number of hydrogen-bond donors (Lipinski definition) is 1. The molecule has 2 N–H and O–H groups in total. The first kappa shape index (κ1) is 25.3. The zero-order chi connectivity index (χ0) is 25.5. The summed E-state index contributed by atoms with van der Waals surface area (Å²) in [5.74, 6) is 1.24. The van der Waals surface area contributed by atoms with Gasteiger partial charge in [0.15, 0.2) is 11.5 Å². The van der Waals surface area contributed by atoms with Crippen molar-refractivity contribution >= 4 is 11.6 Å². The number of aromatic nitrogens is 3. The van der Waals surface area contributed by atoms with Crippen molar-refractivity contribution in [3.05, 3.63) is 52.2 Å². The maximum absolute atomic E-state index is 11.9. The molecule has 0 spiro atoms. The van der Waals surface area contributed by atoms with Gasteiger partial charge in [-0.3, -0.25) is 14.9 Å². The Morgan fingerprint density at radius 1 is 1.09 bits per heavy atom. The zero-order valence-corrected chi connectivity index (χ0v) is 19.9. The Balaban J connectivity index is 1.93. The lowest BCUT2D eigenvalue weighted by Gasteiger charge is -2.16. The van der Waals surface area contributed by atoms with E-state index in [-0.39, 0.29) is 24.5 Å². The average molecular weight is 485 g/mol. The van der Waals surface area contributed by atoms with Gasteiger partial charge in [0.25, 0.3) is 5.69 Å². The zero-order valence-electron chi connectivity index (χ0n) is 19.9. The lowest BCUT2D eigenvalue weighted by Crippen LogP contribution is -2.13. The van der Waals surface area contributed by atoms with E-state index in [0.717, 1.165) is 0 Å². The van der Waals surface area contributed by atoms with Gasteiger partial charge in [0.1, 0.15) is 17.2 Å². The average Bonchev–Trinajstić information content (AvgIpc) is 3.35. The Bertz CT molecular complexity index is 1190. The van der Waals surface area contributed by atoms with Crippen molar-refractivity contribution in [3.8, 4) is 34.3 Å². The molecule has 0 aliphatic carbocycles. The van der Waals surface area contributed by atoms with Gasteiger partial charge in [0, 0.05) is 18.1 Å². The second-order valence-corrected chi connectivity index (χ2v) is 7.60. The highest BCUT2D eigenvalue weighted by Crippen LogP contribution is 2.39. The van der Waals surface area contributed by atoms with Crippen molar-refractivity contribution in [1.29, 1.82) is 0 Å². The summed E-state index contributed by atoms with van der Waals surface area (Å²) in [6, 6.07) is 7.61. The summed E-state index contributed by atoms with van der Waals surface area (Å²) in [4.78, 5) is 22.3. The van der Waals surface area contributed by atoms with E-state index in [1.54, 1.807) is 51.6 Å². The van der Waals surface area contributed by atoms with Crippen molar-refractivity contribution in [2.75, 3.05) is 27.9 Å². The van der Waals surface area contributed by atoms with E-state index < -0.39 is 16.9 Å². The molecule has 1 unspecified atom stereocenters. The summed E-state index contributed by atoms with van der Waals surface area (Å²) in [6.45, 7) is 1.92. The van der Waals surface area contributed by atoms with Crippen molar-refractivity contribution in [2.45, 2.75) is 25.8 Å². The molecule has 12 nitrogen and oxygen atoms in total. The highest BCUT2D eigenvalue weighted by Gasteiger charge is 2.26. The van der Waals surface area contributed by atoms with E-state index in [9.17, 15) is 14.9 Å². The maximum atomic E-state index is 11.9. The number of nitrogens with two attached hydrogens (primary N) is 1. The Labute approximate surface area is 201 Å². The van der Waals surface area contributed by atoms with E-state index in [2.05, 4.69) is 10.3 Å². The molecular formula is C23H27N5O7. The number of rotatable bonds is 12. The number of nitro benzene ring substituents is 1. The van der Waals surface area contributed by atoms with Crippen LogP contribution >= 0.6 is 0 Å². The Morgan fingerprint density at radius 3 is 2.34 bits per heavy atom. The number of methoxy groups -OCH3 is 3. The molecule has 35 heavy (non-hydrogen) atoms. The Morgan fingerprint density at radius 2 is 1.77 bits per heavy atom. The van der Waals surface area contributed by atoms with Crippen LogP contribution in [-0.4, -0.2) is 53.8 Å². The van der Waals surface area contributed by atoms with Gasteiger partial charge < -0.3 is 24.7 Å². The van der Waals surface area contributed by atoms with Crippen LogP contribution in [0.1, 0.15) is 31.4 Å². The van der Waals surface area contributed by atoms with E-state index in [4.69, 9.17) is 24.7 Å². The molecule has 0 aliphatic rings. The second-order valence-electron chi connectivity index (χ2n) is 7.60. The van der Waals surface area contributed by atoms with Gasteiger partial charge in [-0.05, 0) is 31.5 Å². The molecule has 1 heterocycles. The number of nitrogens with zero attached hydrogens (tertiary/aromatic N) is 4. The van der Waals surface area contributed by atoms with Crippen LogP contribution in [0.5, 0.6) is 23.0 Å². The standard InChI is InChI=1S/C23H27N5O7/c1-14(27-13-19(25-26-27)15-8-16(32-2)10-17(9-15)33-3)18-11-21(34-4)22(12-20(18)28(30)31)35-7-5-6-23(24)29/h8-14H,5-7H2,1-4H3,(H2,24,29). The number of benzene rings is 2. The first-order chi connectivity index (χ1) is 16.8. The smallest absolute Gasteiger partial charge is 0.278 e. The molecule has 1 aromatic heterocycles. The van der Waals surface area contributed by atoms with Crippen LogP contribution in [0.15, 0.2) is 36.5 Å². The predicted octanol–water partition coefficient (Wildman–Crippen LogP) is 3.13. The topological polar surface area (TPSA) is 154 Å². The molecule has 0 radical (unpaired) electrons. The summed E-state index contributed by atoms with van der Waals surface area (Å²) in [6.07, 6.45) is 2.21. The highest BCUT2D eigenvalue weighted by molar-refractivity contribution is 5.73.